The number of carbonyl (C=O) groups is 1. The van der Waals surface area contributed by atoms with Crippen LogP contribution in [-0.4, -0.2) is 23.7 Å². The van der Waals surface area contributed by atoms with Crippen LogP contribution in [-0.2, 0) is 4.79 Å². The molecule has 1 saturated heterocycles. The largest absolute Gasteiger partial charge is 0.365 e. The molecule has 0 spiro atoms. The van der Waals surface area contributed by atoms with Gasteiger partial charge in [0.2, 0.25) is 0 Å². The Hall–Kier alpha value is -2.50. The molecule has 0 aromatic heterocycles. The lowest BCUT2D eigenvalue weighted by Crippen LogP contribution is -2.42. The topological polar surface area (TPSA) is 44.7 Å². The normalized spacial score (nSPS) is 20.4. The number of amides is 1. The van der Waals surface area contributed by atoms with Gasteiger partial charge in [0.05, 0.1) is 16.1 Å². The first-order valence-corrected chi connectivity index (χ1v) is 11.0. The molecular formula is C24H24ClN3OS. The Balaban J connectivity index is 1.68. The highest BCUT2D eigenvalue weighted by Crippen LogP contribution is 2.41. The molecule has 2 aromatic carbocycles. The Labute approximate surface area is 186 Å². The van der Waals surface area contributed by atoms with Crippen LogP contribution in [0.1, 0.15) is 37.5 Å². The second-order valence-corrected chi connectivity index (χ2v) is 9.64. The summed E-state index contributed by atoms with van der Waals surface area (Å²) in [5, 5.41) is 4.05. The van der Waals surface area contributed by atoms with Crippen molar-refractivity contribution in [3.8, 4) is 0 Å². The van der Waals surface area contributed by atoms with Crippen molar-refractivity contribution < 1.29 is 4.79 Å². The number of rotatable bonds is 2. The summed E-state index contributed by atoms with van der Waals surface area (Å²) in [4.78, 5) is 19.9. The molecule has 30 heavy (non-hydrogen) atoms. The minimum Gasteiger partial charge on any atom is -0.365 e. The standard InChI is InChI=1S/C24H24ClN3OS/c1-14-8-6-7-9-19(14)26-23-27-22(29)21(30-23)11-16-10-17-15(2)13-24(3,4)28(5)20(17)12-18(16)25/h6-13H,1-5H3,(H,26,27,29)/b21-11+. The number of aryl methyl sites for hydroxylation is 1. The maximum Gasteiger partial charge on any atom is 0.264 e. The summed E-state index contributed by atoms with van der Waals surface area (Å²) in [7, 11) is 2.07. The lowest BCUT2D eigenvalue weighted by atomic mass is 9.88. The van der Waals surface area contributed by atoms with Crippen LogP contribution in [0.5, 0.6) is 0 Å². The number of nitrogens with zero attached hydrogens (tertiary/aromatic N) is 2. The Morgan fingerprint density at radius 3 is 2.67 bits per heavy atom. The van der Waals surface area contributed by atoms with Gasteiger partial charge in [0.15, 0.2) is 5.17 Å². The zero-order chi connectivity index (χ0) is 21.6. The number of para-hydroxylation sites is 1. The third kappa shape index (κ3) is 3.80. The zero-order valence-electron chi connectivity index (χ0n) is 17.7. The molecule has 2 heterocycles. The van der Waals surface area contributed by atoms with Gasteiger partial charge in [0.1, 0.15) is 0 Å². The summed E-state index contributed by atoms with van der Waals surface area (Å²) in [6, 6.07) is 11.9. The molecule has 1 fully saturated rings. The summed E-state index contributed by atoms with van der Waals surface area (Å²) < 4.78 is 0. The smallest absolute Gasteiger partial charge is 0.264 e. The van der Waals surface area contributed by atoms with Crippen molar-refractivity contribution in [2.45, 2.75) is 33.2 Å². The molecule has 4 nitrogen and oxygen atoms in total. The second-order valence-electron chi connectivity index (χ2n) is 8.20. The average molecular weight is 438 g/mol. The van der Waals surface area contributed by atoms with Gasteiger partial charge in [-0.3, -0.25) is 4.79 Å². The van der Waals surface area contributed by atoms with Crippen LogP contribution in [0.4, 0.5) is 11.4 Å². The number of allylic oxidation sites excluding steroid dienone is 1. The van der Waals surface area contributed by atoms with E-state index < -0.39 is 0 Å². The fourth-order valence-electron chi connectivity index (χ4n) is 3.72. The molecule has 2 aliphatic heterocycles. The highest BCUT2D eigenvalue weighted by atomic mass is 35.5. The van der Waals surface area contributed by atoms with Crippen LogP contribution in [0.3, 0.4) is 0 Å². The fraction of sp³-hybridized carbons (Fsp3) is 0.250. The van der Waals surface area contributed by atoms with E-state index in [1.54, 1.807) is 0 Å². The minimum absolute atomic E-state index is 0.0808. The highest BCUT2D eigenvalue weighted by molar-refractivity contribution is 8.18. The van der Waals surface area contributed by atoms with Gasteiger partial charge < -0.3 is 10.2 Å². The van der Waals surface area contributed by atoms with Crippen LogP contribution < -0.4 is 10.2 Å². The number of anilines is 1. The first kappa shape index (κ1) is 20.8. The third-order valence-electron chi connectivity index (χ3n) is 5.61. The molecule has 1 amide bonds. The van der Waals surface area contributed by atoms with Crippen molar-refractivity contribution in [1.29, 1.82) is 0 Å². The van der Waals surface area contributed by atoms with Crippen LogP contribution >= 0.6 is 23.4 Å². The number of hydrogen-bond donors (Lipinski definition) is 1. The lowest BCUT2D eigenvalue weighted by Gasteiger charge is -2.40. The van der Waals surface area contributed by atoms with Gasteiger partial charge in [0, 0.05) is 23.3 Å². The van der Waals surface area contributed by atoms with Crippen LogP contribution in [0, 0.1) is 6.92 Å². The Morgan fingerprint density at radius 1 is 1.20 bits per heavy atom. The van der Waals surface area contributed by atoms with Crippen LogP contribution in [0.2, 0.25) is 5.02 Å². The molecule has 0 radical (unpaired) electrons. The second kappa shape index (κ2) is 7.64. The fourth-order valence-corrected chi connectivity index (χ4v) is 4.76. The van der Waals surface area contributed by atoms with Crippen molar-refractivity contribution >= 4 is 57.5 Å². The molecule has 0 saturated carbocycles. The molecule has 1 N–H and O–H groups in total. The molecule has 0 atom stereocenters. The van der Waals surface area contributed by atoms with E-state index >= 15 is 0 Å². The van der Waals surface area contributed by atoms with Gasteiger partial charge in [-0.2, -0.15) is 0 Å². The lowest BCUT2D eigenvalue weighted by molar-refractivity contribution is -0.115. The predicted octanol–water partition coefficient (Wildman–Crippen LogP) is 6.17. The van der Waals surface area contributed by atoms with Crippen molar-refractivity contribution in [2.75, 3.05) is 11.9 Å². The van der Waals surface area contributed by atoms with E-state index in [1.807, 2.05) is 43.3 Å². The van der Waals surface area contributed by atoms with Crippen LogP contribution in [0.15, 0.2) is 52.4 Å². The SMILES string of the molecule is CC1=CC(C)(C)N(C)c2cc(Cl)c(/C=C3/SC(=Nc4ccccc4C)NC3=O)cc21. The summed E-state index contributed by atoms with van der Waals surface area (Å²) >= 11 is 7.95. The van der Waals surface area contributed by atoms with Gasteiger partial charge in [-0.15, -0.1) is 0 Å². The first-order chi connectivity index (χ1) is 14.2. The molecule has 0 bridgehead atoms. The number of fused-ring (bicyclic) bond motifs is 1. The van der Waals surface area contributed by atoms with Gasteiger partial charge in [-0.1, -0.05) is 35.9 Å². The highest BCUT2D eigenvalue weighted by Gasteiger charge is 2.30. The number of carbonyl (C=O) groups excluding carboxylic acids is 1. The molecule has 154 valence electrons. The maximum absolute atomic E-state index is 12.5. The van der Waals surface area contributed by atoms with E-state index in [1.165, 1.54) is 17.3 Å². The van der Waals surface area contributed by atoms with Crippen molar-refractivity contribution in [3.63, 3.8) is 0 Å². The Morgan fingerprint density at radius 2 is 1.93 bits per heavy atom. The summed E-state index contributed by atoms with van der Waals surface area (Å²) in [5.74, 6) is -0.161. The molecule has 2 aliphatic rings. The molecular weight excluding hydrogens is 414 g/mol. The van der Waals surface area contributed by atoms with E-state index in [2.05, 4.69) is 55.2 Å². The van der Waals surface area contributed by atoms with Crippen molar-refractivity contribution in [1.82, 2.24) is 5.32 Å². The van der Waals surface area contributed by atoms with E-state index in [4.69, 9.17) is 11.6 Å². The number of likely N-dealkylation sites (N-methyl/N-ethyl adjacent to an activating group) is 1. The van der Waals surface area contributed by atoms with E-state index in [-0.39, 0.29) is 11.4 Å². The average Bonchev–Trinajstić information content (AvgIpc) is 3.02. The van der Waals surface area contributed by atoms with E-state index in [0.29, 0.717) is 15.1 Å². The van der Waals surface area contributed by atoms with Crippen LogP contribution in [0.25, 0.3) is 11.6 Å². The van der Waals surface area contributed by atoms with Gasteiger partial charge in [-0.05, 0) is 80.4 Å². The number of thioether (sulfide) groups is 1. The number of nitrogens with one attached hydrogen (secondary N) is 1. The third-order valence-corrected chi connectivity index (χ3v) is 6.85. The van der Waals surface area contributed by atoms with Gasteiger partial charge in [0.25, 0.3) is 5.91 Å². The molecule has 4 rings (SSSR count). The maximum atomic E-state index is 12.5. The molecule has 2 aromatic rings. The molecule has 6 heteroatoms. The Bertz CT molecular complexity index is 1150. The monoisotopic (exact) mass is 437 g/mol. The van der Waals surface area contributed by atoms with Crippen molar-refractivity contribution in [3.05, 3.63) is 69.1 Å². The number of amidine groups is 1. The zero-order valence-corrected chi connectivity index (χ0v) is 19.3. The van der Waals surface area contributed by atoms with Gasteiger partial charge in [-0.25, -0.2) is 4.99 Å². The number of benzene rings is 2. The molecule has 0 aliphatic carbocycles. The summed E-state index contributed by atoms with van der Waals surface area (Å²) in [5.41, 5.74) is 6.08. The summed E-state index contributed by atoms with van der Waals surface area (Å²) in [6.45, 7) is 8.47. The van der Waals surface area contributed by atoms with E-state index in [9.17, 15) is 4.79 Å². The Kier molecular flexibility index (Phi) is 5.28. The number of aliphatic imine (C=N–C) groups is 1. The minimum atomic E-state index is -0.161. The molecule has 0 unspecified atom stereocenters. The van der Waals surface area contributed by atoms with Gasteiger partial charge >= 0.3 is 0 Å². The number of halogens is 1. The summed E-state index contributed by atoms with van der Waals surface area (Å²) in [6.07, 6.45) is 4.10. The number of hydrogen-bond acceptors (Lipinski definition) is 4. The van der Waals surface area contributed by atoms with Crippen molar-refractivity contribution in [2.24, 2.45) is 4.99 Å². The predicted molar refractivity (Wildman–Crippen MR) is 130 cm³/mol. The quantitative estimate of drug-likeness (QED) is 0.571. The first-order valence-electron chi connectivity index (χ1n) is 9.78. The van der Waals surface area contributed by atoms with E-state index in [0.717, 1.165) is 28.1 Å².